The number of carbonyl (C=O) groups excluding carboxylic acids is 1. The van der Waals surface area contributed by atoms with E-state index in [-0.39, 0.29) is 0 Å². The molecule has 0 rings (SSSR count). The van der Waals surface area contributed by atoms with Crippen LogP contribution in [-0.2, 0) is 4.74 Å². The maximum atomic E-state index is 10.2. The zero-order chi connectivity index (χ0) is 8.20. The van der Waals surface area contributed by atoms with Crippen LogP contribution in [0.4, 0.5) is 4.79 Å². The van der Waals surface area contributed by atoms with Crippen LogP contribution in [0.25, 0.3) is 0 Å². The monoisotopic (exact) mass is 181 g/mol. The lowest BCUT2D eigenvalue weighted by Crippen LogP contribution is -2.26. The number of nitrogens with two attached hydrogens (primary N) is 1. The molecule has 0 aliphatic carbocycles. The summed E-state index contributed by atoms with van der Waals surface area (Å²) in [7, 11) is 0. The number of carbonyl (C=O) groups is 1. The molecule has 0 saturated heterocycles. The average Bonchev–Trinajstić information content (AvgIpc) is 1.59. The van der Waals surface area contributed by atoms with Crippen molar-refractivity contribution < 1.29 is 9.53 Å². The quantitative estimate of drug-likeness (QED) is 0.455. The summed E-state index contributed by atoms with van der Waals surface area (Å²) in [6, 6.07) is 0. The van der Waals surface area contributed by atoms with Gasteiger partial charge in [0.25, 0.3) is 0 Å². The molecule has 0 aromatic heterocycles. The summed E-state index contributed by atoms with van der Waals surface area (Å²) in [5.74, 6) is 0. The minimum atomic E-state index is -1.01. The molecule has 0 aliphatic rings. The first-order valence-electron chi connectivity index (χ1n) is 2.91. The van der Waals surface area contributed by atoms with Gasteiger partial charge >= 0.3 is 6.09 Å². The smallest absolute Gasteiger partial charge is 0.406 e. The summed E-state index contributed by atoms with van der Waals surface area (Å²) >= 11 is 7.89. The maximum Gasteiger partial charge on any atom is 0.406 e. The van der Waals surface area contributed by atoms with Crippen LogP contribution in [-0.4, -0.2) is 10.4 Å². The largest absolute Gasteiger partial charge is 0.423 e. The molecular weight excluding hydrogens is 170 g/mol. The number of thiol groups is 2. The van der Waals surface area contributed by atoms with Gasteiger partial charge in [-0.25, -0.2) is 4.79 Å². The molecule has 2 N–H and O–H groups in total. The molecule has 0 saturated carbocycles. The Morgan fingerprint density at radius 3 is 2.50 bits per heavy atom. The Bertz CT molecular complexity index is 127. The molecule has 0 unspecified atom stereocenters. The first kappa shape index (κ1) is 9.97. The Morgan fingerprint density at radius 2 is 2.20 bits per heavy atom. The minimum Gasteiger partial charge on any atom is -0.423 e. The summed E-state index contributed by atoms with van der Waals surface area (Å²) < 4.78 is 3.53. The van der Waals surface area contributed by atoms with Crippen LogP contribution in [0, 0.1) is 0 Å². The van der Waals surface area contributed by atoms with E-state index in [9.17, 15) is 4.79 Å². The molecule has 0 fully saturated rings. The molecule has 0 aromatic carbocycles. The molecule has 0 spiro atoms. The Kier molecular flexibility index (Phi) is 3.96. The van der Waals surface area contributed by atoms with Crippen molar-refractivity contribution in [2.24, 2.45) is 5.73 Å². The molecule has 0 radical (unpaired) electrons. The molecule has 60 valence electrons. The molecule has 3 nitrogen and oxygen atoms in total. The zero-order valence-electron chi connectivity index (χ0n) is 5.70. The first-order chi connectivity index (χ1) is 4.48. The van der Waals surface area contributed by atoms with Crippen molar-refractivity contribution in [3.8, 4) is 0 Å². The Hall–Kier alpha value is -0.0300. The van der Waals surface area contributed by atoms with E-state index in [2.05, 4.69) is 30.0 Å². The van der Waals surface area contributed by atoms with Crippen LogP contribution >= 0.6 is 25.3 Å². The fraction of sp³-hybridized carbons (Fsp3) is 0.800. The minimum absolute atomic E-state index is 0.572. The highest BCUT2D eigenvalue weighted by Crippen LogP contribution is 2.26. The van der Waals surface area contributed by atoms with Crippen molar-refractivity contribution in [3.05, 3.63) is 0 Å². The van der Waals surface area contributed by atoms with E-state index in [4.69, 9.17) is 5.73 Å². The predicted octanol–water partition coefficient (Wildman–Crippen LogP) is 1.40. The van der Waals surface area contributed by atoms with Crippen molar-refractivity contribution in [1.29, 1.82) is 0 Å². The van der Waals surface area contributed by atoms with Crippen LogP contribution < -0.4 is 5.73 Å². The van der Waals surface area contributed by atoms with Crippen molar-refractivity contribution in [2.45, 2.75) is 24.0 Å². The average molecular weight is 181 g/mol. The van der Waals surface area contributed by atoms with Crippen LogP contribution in [0.2, 0.25) is 0 Å². The second-order valence-electron chi connectivity index (χ2n) is 1.91. The van der Waals surface area contributed by atoms with Crippen molar-refractivity contribution in [3.63, 3.8) is 0 Å². The zero-order valence-corrected chi connectivity index (χ0v) is 7.49. The van der Waals surface area contributed by atoms with E-state index < -0.39 is 10.4 Å². The van der Waals surface area contributed by atoms with E-state index in [0.717, 1.165) is 6.42 Å². The normalized spacial score (nSPS) is 11.1. The van der Waals surface area contributed by atoms with Gasteiger partial charge in [0.05, 0.1) is 0 Å². The lowest BCUT2D eigenvalue weighted by molar-refractivity contribution is 0.129. The Labute approximate surface area is 71.1 Å². The van der Waals surface area contributed by atoms with Crippen LogP contribution in [0.15, 0.2) is 0 Å². The third kappa shape index (κ3) is 4.81. The molecular formula is C5H11NO2S2. The van der Waals surface area contributed by atoms with Crippen LogP contribution in [0.3, 0.4) is 0 Å². The third-order valence-corrected chi connectivity index (χ3v) is 1.47. The summed E-state index contributed by atoms with van der Waals surface area (Å²) in [6.45, 7) is 1.94. The number of ether oxygens (including phenoxy) is 1. The Balaban J connectivity index is 3.74. The van der Waals surface area contributed by atoms with Gasteiger partial charge in [-0.2, -0.15) is 0 Å². The first-order valence-corrected chi connectivity index (χ1v) is 3.80. The molecule has 0 heterocycles. The summed E-state index contributed by atoms with van der Waals surface area (Å²) in [5, 5.41) is 0. The van der Waals surface area contributed by atoms with Crippen molar-refractivity contribution >= 4 is 31.4 Å². The SMILES string of the molecule is CCCC(S)(S)OC(N)=O. The Morgan fingerprint density at radius 1 is 1.70 bits per heavy atom. The fourth-order valence-corrected chi connectivity index (χ4v) is 1.16. The van der Waals surface area contributed by atoms with Gasteiger partial charge in [-0.15, -0.1) is 25.3 Å². The van der Waals surface area contributed by atoms with E-state index >= 15 is 0 Å². The van der Waals surface area contributed by atoms with E-state index in [0.29, 0.717) is 6.42 Å². The van der Waals surface area contributed by atoms with E-state index in [1.807, 2.05) is 6.92 Å². The number of amides is 1. The van der Waals surface area contributed by atoms with Crippen LogP contribution in [0.5, 0.6) is 0 Å². The molecule has 10 heavy (non-hydrogen) atoms. The standard InChI is InChI=1S/C5H11NO2S2/c1-2-3-5(9,10)8-4(6)7/h9-10H,2-3H2,1H3,(H2,6,7). The fourth-order valence-electron chi connectivity index (χ4n) is 0.538. The third-order valence-electron chi connectivity index (χ3n) is 0.840. The highest BCUT2D eigenvalue weighted by Gasteiger charge is 2.22. The number of hydrogen-bond acceptors (Lipinski definition) is 4. The van der Waals surface area contributed by atoms with Gasteiger partial charge in [-0.3, -0.25) is 0 Å². The molecule has 0 atom stereocenters. The molecule has 1 amide bonds. The van der Waals surface area contributed by atoms with E-state index in [1.54, 1.807) is 0 Å². The molecule has 0 aromatic rings. The van der Waals surface area contributed by atoms with Gasteiger partial charge in [-0.1, -0.05) is 13.3 Å². The molecule has 0 bridgehead atoms. The van der Waals surface area contributed by atoms with Gasteiger partial charge in [0.15, 0.2) is 0 Å². The molecule has 5 heteroatoms. The number of rotatable bonds is 3. The molecule has 0 aliphatic heterocycles. The van der Waals surface area contributed by atoms with Crippen molar-refractivity contribution in [1.82, 2.24) is 0 Å². The lowest BCUT2D eigenvalue weighted by Gasteiger charge is -2.20. The summed E-state index contributed by atoms with van der Waals surface area (Å²) in [6.07, 6.45) is 0.557. The van der Waals surface area contributed by atoms with Crippen molar-refractivity contribution in [2.75, 3.05) is 0 Å². The number of primary amides is 1. The van der Waals surface area contributed by atoms with Gasteiger partial charge in [0.1, 0.15) is 0 Å². The second kappa shape index (κ2) is 3.98. The van der Waals surface area contributed by atoms with E-state index in [1.165, 1.54) is 0 Å². The van der Waals surface area contributed by atoms with Gasteiger partial charge in [-0.05, 0) is 0 Å². The van der Waals surface area contributed by atoms with Crippen LogP contribution in [0.1, 0.15) is 19.8 Å². The summed E-state index contributed by atoms with van der Waals surface area (Å²) in [4.78, 5) is 10.2. The highest BCUT2D eigenvalue weighted by atomic mass is 32.2. The lowest BCUT2D eigenvalue weighted by atomic mass is 10.3. The summed E-state index contributed by atoms with van der Waals surface area (Å²) in [5.41, 5.74) is 4.75. The predicted molar refractivity (Wildman–Crippen MR) is 46.3 cm³/mol. The maximum absolute atomic E-state index is 10.2. The second-order valence-corrected chi connectivity index (χ2v) is 3.71. The van der Waals surface area contributed by atoms with Gasteiger partial charge in [0.2, 0.25) is 4.27 Å². The van der Waals surface area contributed by atoms with Gasteiger partial charge < -0.3 is 10.5 Å². The topological polar surface area (TPSA) is 52.3 Å². The highest BCUT2D eigenvalue weighted by molar-refractivity contribution is 8.00. The van der Waals surface area contributed by atoms with Gasteiger partial charge in [0, 0.05) is 6.42 Å². The number of hydrogen-bond donors (Lipinski definition) is 3.